The zero-order valence-corrected chi connectivity index (χ0v) is 23.7. The molecule has 4 heterocycles. The molecule has 0 bridgehead atoms. The second-order valence-corrected chi connectivity index (χ2v) is 12.6. The molecule has 38 heavy (non-hydrogen) atoms. The van der Waals surface area contributed by atoms with Crippen LogP contribution in [0.3, 0.4) is 0 Å². The molecular formula is C22H17Cl3F3N3O4S3. The van der Waals surface area contributed by atoms with Gasteiger partial charge in [-0.15, -0.1) is 34.0 Å². The van der Waals surface area contributed by atoms with Crippen molar-refractivity contribution in [3.8, 4) is 0 Å². The number of carboxylic acids is 1. The highest BCUT2D eigenvalue weighted by Crippen LogP contribution is 2.56. The molecule has 3 aromatic rings. The van der Waals surface area contributed by atoms with Gasteiger partial charge in [0.05, 0.1) is 36.8 Å². The first kappa shape index (κ1) is 29.0. The first-order valence-corrected chi connectivity index (χ1v) is 14.4. The van der Waals surface area contributed by atoms with Crippen LogP contribution < -0.4 is 11.5 Å². The molecule has 1 aliphatic carbocycles. The van der Waals surface area contributed by atoms with Crippen LogP contribution >= 0.6 is 68.8 Å². The molecule has 0 saturated heterocycles. The largest absolute Gasteiger partial charge is 0.477 e. The van der Waals surface area contributed by atoms with Gasteiger partial charge in [0.2, 0.25) is 0 Å². The van der Waals surface area contributed by atoms with Crippen LogP contribution in [-0.2, 0) is 23.3 Å². The summed E-state index contributed by atoms with van der Waals surface area (Å²) in [6.07, 6.45) is -2.67. The molecule has 0 spiro atoms. The fraction of sp³-hybridized carbons (Fsp3) is 0.318. The van der Waals surface area contributed by atoms with Crippen LogP contribution in [0.2, 0.25) is 14.4 Å². The lowest BCUT2D eigenvalue weighted by atomic mass is 9.88. The molecule has 7 nitrogen and oxygen atoms in total. The van der Waals surface area contributed by atoms with Gasteiger partial charge in [-0.2, -0.15) is 13.2 Å². The van der Waals surface area contributed by atoms with Crippen molar-refractivity contribution < 1.29 is 32.7 Å². The third-order valence-corrected chi connectivity index (χ3v) is 10.7. The minimum atomic E-state index is -4.85. The number of hydrogen-bond donors (Lipinski definition) is 3. The number of carbonyl (C=O) groups excluding carboxylic acids is 1. The lowest BCUT2D eigenvalue weighted by Crippen LogP contribution is -2.42. The number of rotatable bonds is 4. The number of carboxylic acid groups (broad SMARTS) is 1. The molecule has 3 aromatic heterocycles. The van der Waals surface area contributed by atoms with Crippen LogP contribution in [0.1, 0.15) is 60.2 Å². The Morgan fingerprint density at radius 1 is 1.11 bits per heavy atom. The Morgan fingerprint density at radius 3 is 2.24 bits per heavy atom. The zero-order chi connectivity index (χ0) is 28.0. The SMILES string of the molecule is NC(=O)c1ccsc1N.O=C(O)c1sc(C2=NOC(c3sc(Cl)c(Cl)c3Cl)(C(F)(F)F)C2)c2c1CCCC2. The summed E-state index contributed by atoms with van der Waals surface area (Å²) in [6.45, 7) is 0. The molecule has 1 amide bonds. The van der Waals surface area contributed by atoms with Crippen LogP contribution in [0.4, 0.5) is 18.2 Å². The molecule has 16 heteroatoms. The number of aromatic carboxylic acids is 1. The lowest BCUT2D eigenvalue weighted by molar-refractivity contribution is -0.274. The molecule has 0 fully saturated rings. The number of amides is 1. The average molecular weight is 647 g/mol. The number of halogens is 6. The standard InChI is InChI=1S/C17H11Cl3F3NO3S2.C5H6N2OS/c18-9-10(19)14(20)29-13(9)16(17(21,22)23)5-8(24-27-16)11-6-3-1-2-4-7(6)12(28-11)15(25)26;6-4(8)3-1-2-9-5(3)7/h1-5H2,(H,25,26);1-2H,7H2,(H2,6,8). The maximum absolute atomic E-state index is 14.2. The van der Waals surface area contributed by atoms with Gasteiger partial charge < -0.3 is 21.4 Å². The van der Waals surface area contributed by atoms with Crippen molar-refractivity contribution in [2.75, 3.05) is 5.73 Å². The third kappa shape index (κ3) is 5.11. The van der Waals surface area contributed by atoms with E-state index in [-0.39, 0.29) is 29.8 Å². The lowest BCUT2D eigenvalue weighted by Gasteiger charge is -2.28. The van der Waals surface area contributed by atoms with Crippen LogP contribution in [0.5, 0.6) is 0 Å². The molecule has 5 N–H and O–H groups in total. The van der Waals surface area contributed by atoms with Crippen molar-refractivity contribution in [2.45, 2.75) is 43.9 Å². The summed E-state index contributed by atoms with van der Waals surface area (Å²) in [6, 6.07) is 1.61. The maximum atomic E-state index is 14.2. The number of hydrogen-bond acceptors (Lipinski definition) is 8. The van der Waals surface area contributed by atoms with Gasteiger partial charge in [0, 0.05) is 0 Å². The van der Waals surface area contributed by atoms with Crippen LogP contribution in [-0.4, -0.2) is 28.9 Å². The number of nitrogen functional groups attached to an aromatic ring is 1. The zero-order valence-electron chi connectivity index (χ0n) is 19.0. The van der Waals surface area contributed by atoms with Gasteiger partial charge in [-0.25, -0.2) is 4.79 Å². The summed E-state index contributed by atoms with van der Waals surface area (Å²) >= 11 is 20.7. The maximum Gasteiger partial charge on any atom is 0.436 e. The van der Waals surface area contributed by atoms with Crippen molar-refractivity contribution in [1.82, 2.24) is 0 Å². The second kappa shape index (κ2) is 10.9. The normalized spacial score (nSPS) is 18.7. The second-order valence-electron chi connectivity index (χ2n) is 8.26. The van der Waals surface area contributed by atoms with Gasteiger partial charge in [-0.3, -0.25) is 4.79 Å². The third-order valence-electron chi connectivity index (χ3n) is 5.95. The Bertz CT molecular complexity index is 1450. The Kier molecular flexibility index (Phi) is 8.27. The van der Waals surface area contributed by atoms with Crippen LogP contribution in [0.15, 0.2) is 16.6 Å². The Balaban J connectivity index is 0.000000317. The first-order chi connectivity index (χ1) is 17.8. The number of nitrogens with zero attached hydrogens (tertiary/aromatic N) is 1. The first-order valence-electron chi connectivity index (χ1n) is 10.7. The Labute approximate surface area is 240 Å². The highest BCUT2D eigenvalue weighted by Gasteiger charge is 2.64. The van der Waals surface area contributed by atoms with Crippen molar-refractivity contribution in [3.63, 3.8) is 0 Å². The number of oxime groups is 1. The average Bonchev–Trinajstić information content (AvgIpc) is 3.61. The van der Waals surface area contributed by atoms with E-state index in [0.29, 0.717) is 45.2 Å². The van der Waals surface area contributed by atoms with E-state index in [1.165, 1.54) is 11.3 Å². The molecule has 1 atom stereocenters. The van der Waals surface area contributed by atoms with Gasteiger partial charge in [0.25, 0.3) is 11.5 Å². The molecule has 0 radical (unpaired) electrons. The van der Waals surface area contributed by atoms with Crippen molar-refractivity contribution >= 4 is 91.4 Å². The van der Waals surface area contributed by atoms with E-state index in [1.807, 2.05) is 0 Å². The van der Waals surface area contributed by atoms with E-state index in [9.17, 15) is 27.9 Å². The molecule has 1 unspecified atom stereocenters. The summed E-state index contributed by atoms with van der Waals surface area (Å²) < 4.78 is 42.4. The fourth-order valence-electron chi connectivity index (χ4n) is 4.14. The summed E-state index contributed by atoms with van der Waals surface area (Å²) in [5, 5.41) is 15.0. The highest BCUT2D eigenvalue weighted by atomic mass is 35.5. The molecular weight excluding hydrogens is 630 g/mol. The number of nitrogens with two attached hydrogens (primary N) is 2. The van der Waals surface area contributed by atoms with E-state index < -0.39 is 30.1 Å². The van der Waals surface area contributed by atoms with E-state index in [0.717, 1.165) is 29.7 Å². The van der Waals surface area contributed by atoms with E-state index in [1.54, 1.807) is 11.4 Å². The molecule has 5 rings (SSSR count). The number of primary amides is 1. The Hall–Kier alpha value is -2.03. The van der Waals surface area contributed by atoms with Crippen LogP contribution in [0, 0.1) is 0 Å². The summed E-state index contributed by atoms with van der Waals surface area (Å²) in [5.41, 5.74) is 9.37. The van der Waals surface area contributed by atoms with E-state index in [4.69, 9.17) is 51.1 Å². The molecule has 2 aliphatic rings. The van der Waals surface area contributed by atoms with Gasteiger partial charge in [0.15, 0.2) is 0 Å². The monoisotopic (exact) mass is 645 g/mol. The molecule has 0 saturated carbocycles. The number of thiophene rings is 3. The summed E-state index contributed by atoms with van der Waals surface area (Å²) in [4.78, 5) is 27.2. The number of carbonyl (C=O) groups is 2. The smallest absolute Gasteiger partial charge is 0.436 e. The van der Waals surface area contributed by atoms with Gasteiger partial charge in [-0.05, 0) is 48.3 Å². The molecule has 204 valence electrons. The summed E-state index contributed by atoms with van der Waals surface area (Å²) in [7, 11) is 0. The minimum Gasteiger partial charge on any atom is -0.477 e. The fourth-order valence-corrected chi connectivity index (χ4v) is 8.02. The number of anilines is 1. The topological polar surface area (TPSA) is 128 Å². The van der Waals surface area contributed by atoms with Gasteiger partial charge >= 0.3 is 12.1 Å². The highest BCUT2D eigenvalue weighted by molar-refractivity contribution is 7.18. The predicted octanol–water partition coefficient (Wildman–Crippen LogP) is 7.36. The van der Waals surface area contributed by atoms with Crippen molar-refractivity contribution in [2.24, 2.45) is 10.9 Å². The minimum absolute atomic E-state index is 0.0506. The molecule has 1 aliphatic heterocycles. The quantitative estimate of drug-likeness (QED) is 0.273. The number of alkyl halides is 3. The Morgan fingerprint density at radius 2 is 1.76 bits per heavy atom. The summed E-state index contributed by atoms with van der Waals surface area (Å²) in [5.74, 6) is -1.56. The number of fused-ring (bicyclic) bond motifs is 1. The van der Waals surface area contributed by atoms with Crippen molar-refractivity contribution in [3.05, 3.63) is 57.1 Å². The van der Waals surface area contributed by atoms with Crippen molar-refractivity contribution in [1.29, 1.82) is 0 Å². The van der Waals surface area contributed by atoms with E-state index >= 15 is 0 Å². The van der Waals surface area contributed by atoms with E-state index in [2.05, 4.69) is 5.16 Å². The predicted molar refractivity (Wildman–Crippen MR) is 144 cm³/mol. The van der Waals surface area contributed by atoms with Gasteiger partial charge in [-0.1, -0.05) is 40.0 Å². The van der Waals surface area contributed by atoms with Crippen LogP contribution in [0.25, 0.3) is 0 Å². The van der Waals surface area contributed by atoms with Gasteiger partial charge in [0.1, 0.15) is 14.9 Å². The molecule has 0 aromatic carbocycles.